The average molecular weight is 301 g/mol. The first kappa shape index (κ1) is 15.9. The standard InChI is InChI=1S/C18H23NOS/c1-13(2)19-12-15-5-6-17(11-14(15)3)20-16-7-9-18(21-4)10-8-16/h5-11,13,19H,12H2,1-4H3. The molecule has 2 rings (SSSR count). The van der Waals surface area contributed by atoms with Crippen molar-refractivity contribution in [1.82, 2.24) is 5.32 Å². The molecule has 2 aromatic carbocycles. The molecule has 0 fully saturated rings. The smallest absolute Gasteiger partial charge is 0.127 e. The zero-order valence-electron chi connectivity index (χ0n) is 13.1. The molecule has 2 nitrogen and oxygen atoms in total. The molecule has 0 radical (unpaired) electrons. The summed E-state index contributed by atoms with van der Waals surface area (Å²) in [5, 5.41) is 3.44. The number of nitrogens with one attached hydrogen (secondary N) is 1. The summed E-state index contributed by atoms with van der Waals surface area (Å²) in [6.07, 6.45) is 2.07. The fourth-order valence-electron chi connectivity index (χ4n) is 2.02. The SMILES string of the molecule is CSc1ccc(Oc2ccc(CNC(C)C)c(C)c2)cc1. The van der Waals surface area contributed by atoms with E-state index < -0.39 is 0 Å². The number of aryl methyl sites for hydroxylation is 1. The first-order chi connectivity index (χ1) is 10.1. The molecule has 0 heterocycles. The zero-order valence-corrected chi connectivity index (χ0v) is 14.0. The van der Waals surface area contributed by atoms with Crippen LogP contribution in [0.4, 0.5) is 0 Å². The van der Waals surface area contributed by atoms with Gasteiger partial charge in [0.05, 0.1) is 0 Å². The largest absolute Gasteiger partial charge is 0.457 e. The lowest BCUT2D eigenvalue weighted by Crippen LogP contribution is -2.22. The molecule has 3 heteroatoms. The Morgan fingerprint density at radius 2 is 1.71 bits per heavy atom. The van der Waals surface area contributed by atoms with Gasteiger partial charge >= 0.3 is 0 Å². The van der Waals surface area contributed by atoms with E-state index >= 15 is 0 Å². The van der Waals surface area contributed by atoms with Gasteiger partial charge in [-0.15, -0.1) is 11.8 Å². The maximum absolute atomic E-state index is 5.91. The highest BCUT2D eigenvalue weighted by Gasteiger charge is 2.03. The van der Waals surface area contributed by atoms with Gasteiger partial charge in [-0.3, -0.25) is 0 Å². The van der Waals surface area contributed by atoms with E-state index in [2.05, 4.69) is 56.6 Å². The lowest BCUT2D eigenvalue weighted by Gasteiger charge is -2.12. The van der Waals surface area contributed by atoms with Crippen LogP contribution in [0.15, 0.2) is 47.4 Å². The highest BCUT2D eigenvalue weighted by atomic mass is 32.2. The Bertz CT molecular complexity index is 578. The average Bonchev–Trinajstić information content (AvgIpc) is 2.47. The molecule has 0 spiro atoms. The Morgan fingerprint density at radius 3 is 2.29 bits per heavy atom. The molecule has 0 atom stereocenters. The molecule has 0 aliphatic heterocycles. The molecule has 0 aliphatic carbocycles. The summed E-state index contributed by atoms with van der Waals surface area (Å²) >= 11 is 1.73. The second-order valence-electron chi connectivity index (χ2n) is 5.40. The van der Waals surface area contributed by atoms with Gasteiger partial charge in [0.15, 0.2) is 0 Å². The summed E-state index contributed by atoms with van der Waals surface area (Å²) in [5.41, 5.74) is 2.56. The van der Waals surface area contributed by atoms with E-state index in [1.54, 1.807) is 11.8 Å². The monoisotopic (exact) mass is 301 g/mol. The molecular weight excluding hydrogens is 278 g/mol. The van der Waals surface area contributed by atoms with Crippen LogP contribution in [0.1, 0.15) is 25.0 Å². The quantitative estimate of drug-likeness (QED) is 0.758. The van der Waals surface area contributed by atoms with Crippen molar-refractivity contribution in [2.45, 2.75) is 38.3 Å². The summed E-state index contributed by atoms with van der Waals surface area (Å²) in [6.45, 7) is 7.34. The van der Waals surface area contributed by atoms with Gasteiger partial charge < -0.3 is 10.1 Å². The van der Waals surface area contributed by atoms with Gasteiger partial charge in [0.2, 0.25) is 0 Å². The number of rotatable bonds is 6. The number of benzene rings is 2. The second-order valence-corrected chi connectivity index (χ2v) is 6.28. The van der Waals surface area contributed by atoms with Gasteiger partial charge in [-0.25, -0.2) is 0 Å². The highest BCUT2D eigenvalue weighted by Crippen LogP contribution is 2.26. The Labute approximate surface area is 131 Å². The normalized spacial score (nSPS) is 10.9. The summed E-state index contributed by atoms with van der Waals surface area (Å²) in [4.78, 5) is 1.24. The molecule has 112 valence electrons. The van der Waals surface area contributed by atoms with Crippen molar-refractivity contribution in [1.29, 1.82) is 0 Å². The minimum atomic E-state index is 0.496. The maximum atomic E-state index is 5.91. The lowest BCUT2D eigenvalue weighted by atomic mass is 10.1. The molecule has 0 saturated carbocycles. The molecule has 0 aromatic heterocycles. The summed E-state index contributed by atoms with van der Waals surface area (Å²) < 4.78 is 5.91. The number of hydrogen-bond donors (Lipinski definition) is 1. The van der Waals surface area contributed by atoms with Crippen molar-refractivity contribution in [3.8, 4) is 11.5 Å². The van der Waals surface area contributed by atoms with Crippen molar-refractivity contribution in [2.75, 3.05) is 6.26 Å². The van der Waals surface area contributed by atoms with Crippen molar-refractivity contribution < 1.29 is 4.74 Å². The Hall–Kier alpha value is -1.45. The highest BCUT2D eigenvalue weighted by molar-refractivity contribution is 7.98. The third-order valence-electron chi connectivity index (χ3n) is 3.31. The van der Waals surface area contributed by atoms with E-state index in [-0.39, 0.29) is 0 Å². The zero-order chi connectivity index (χ0) is 15.2. The molecule has 0 amide bonds. The third kappa shape index (κ3) is 4.80. The van der Waals surface area contributed by atoms with Crippen LogP contribution in [0.25, 0.3) is 0 Å². The molecule has 0 bridgehead atoms. The lowest BCUT2D eigenvalue weighted by molar-refractivity contribution is 0.481. The predicted octanol–water partition coefficient (Wildman–Crippen LogP) is 5.01. The van der Waals surface area contributed by atoms with E-state index in [0.29, 0.717) is 6.04 Å². The van der Waals surface area contributed by atoms with Gasteiger partial charge in [0.1, 0.15) is 11.5 Å². The Morgan fingerprint density at radius 1 is 1.05 bits per heavy atom. The maximum Gasteiger partial charge on any atom is 0.127 e. The van der Waals surface area contributed by atoms with Crippen LogP contribution < -0.4 is 10.1 Å². The van der Waals surface area contributed by atoms with E-state index in [4.69, 9.17) is 4.74 Å². The number of ether oxygens (including phenoxy) is 1. The van der Waals surface area contributed by atoms with Crippen LogP contribution in [0.5, 0.6) is 11.5 Å². The molecule has 0 unspecified atom stereocenters. The van der Waals surface area contributed by atoms with Crippen LogP contribution >= 0.6 is 11.8 Å². The first-order valence-corrected chi connectivity index (χ1v) is 8.46. The molecule has 0 aliphatic rings. The van der Waals surface area contributed by atoms with Crippen molar-refractivity contribution in [3.05, 3.63) is 53.6 Å². The Kier molecular flexibility index (Phi) is 5.71. The van der Waals surface area contributed by atoms with Crippen LogP contribution in [-0.2, 0) is 6.54 Å². The minimum absolute atomic E-state index is 0.496. The van der Waals surface area contributed by atoms with Gasteiger partial charge in [0, 0.05) is 17.5 Å². The van der Waals surface area contributed by atoms with Crippen LogP contribution in [0.3, 0.4) is 0 Å². The van der Waals surface area contributed by atoms with Gasteiger partial charge in [-0.2, -0.15) is 0 Å². The number of thioether (sulfide) groups is 1. The minimum Gasteiger partial charge on any atom is -0.457 e. The first-order valence-electron chi connectivity index (χ1n) is 7.23. The molecule has 0 saturated heterocycles. The van der Waals surface area contributed by atoms with Crippen molar-refractivity contribution in [2.24, 2.45) is 0 Å². The summed E-state index contributed by atoms with van der Waals surface area (Å²) in [7, 11) is 0. The number of hydrogen-bond acceptors (Lipinski definition) is 3. The molecule has 1 N–H and O–H groups in total. The van der Waals surface area contributed by atoms with E-state index in [0.717, 1.165) is 18.0 Å². The molecule has 21 heavy (non-hydrogen) atoms. The Balaban J connectivity index is 2.05. The molecular formula is C18H23NOS. The van der Waals surface area contributed by atoms with Crippen molar-refractivity contribution >= 4 is 11.8 Å². The third-order valence-corrected chi connectivity index (χ3v) is 4.05. The molecule has 2 aromatic rings. The fourth-order valence-corrected chi connectivity index (χ4v) is 2.43. The van der Waals surface area contributed by atoms with Gasteiger partial charge in [-0.1, -0.05) is 19.9 Å². The van der Waals surface area contributed by atoms with Gasteiger partial charge in [0.25, 0.3) is 0 Å². The van der Waals surface area contributed by atoms with E-state index in [1.807, 2.05) is 18.2 Å². The van der Waals surface area contributed by atoms with E-state index in [1.165, 1.54) is 16.0 Å². The van der Waals surface area contributed by atoms with Crippen LogP contribution in [0.2, 0.25) is 0 Å². The van der Waals surface area contributed by atoms with Crippen LogP contribution in [-0.4, -0.2) is 12.3 Å². The second kappa shape index (κ2) is 7.53. The van der Waals surface area contributed by atoms with Gasteiger partial charge in [-0.05, 0) is 60.7 Å². The van der Waals surface area contributed by atoms with Crippen molar-refractivity contribution in [3.63, 3.8) is 0 Å². The summed E-state index contributed by atoms with van der Waals surface area (Å²) in [6, 6.07) is 14.9. The predicted molar refractivity (Wildman–Crippen MR) is 91.5 cm³/mol. The topological polar surface area (TPSA) is 21.3 Å². The van der Waals surface area contributed by atoms with E-state index in [9.17, 15) is 0 Å². The van der Waals surface area contributed by atoms with Crippen LogP contribution in [0, 0.1) is 6.92 Å². The summed E-state index contributed by atoms with van der Waals surface area (Å²) in [5.74, 6) is 1.76. The fraction of sp³-hybridized carbons (Fsp3) is 0.333.